The van der Waals surface area contributed by atoms with Crippen molar-refractivity contribution in [2.24, 2.45) is 5.73 Å². The number of hydrogen-bond donors (Lipinski definition) is 4. The van der Waals surface area contributed by atoms with E-state index in [0.29, 0.717) is 0 Å². The maximum absolute atomic E-state index is 10.9. The van der Waals surface area contributed by atoms with E-state index in [1.54, 1.807) is 0 Å². The lowest BCUT2D eigenvalue weighted by molar-refractivity contribution is -0.145. The quantitative estimate of drug-likeness (QED) is 0.598. The molecule has 6 heteroatoms. The van der Waals surface area contributed by atoms with Crippen LogP contribution in [0.5, 0.6) is 5.75 Å². The molecule has 0 aliphatic rings. The van der Waals surface area contributed by atoms with Crippen LogP contribution in [0.4, 0.5) is 0 Å². The number of aliphatic hydroxyl groups excluding tert-OH is 1. The minimum Gasteiger partial charge on any atom is -0.506 e. The zero-order chi connectivity index (χ0) is 11.6. The van der Waals surface area contributed by atoms with Gasteiger partial charge < -0.3 is 21.1 Å². The summed E-state index contributed by atoms with van der Waals surface area (Å²) in [5, 5.41) is 26.9. The largest absolute Gasteiger partial charge is 0.506 e. The molecule has 0 bridgehead atoms. The maximum atomic E-state index is 10.9. The van der Waals surface area contributed by atoms with Crippen molar-refractivity contribution in [1.82, 2.24) is 0 Å². The number of phenolic OH excluding ortho intramolecular Hbond substituents is 1. The highest BCUT2D eigenvalue weighted by molar-refractivity contribution is 6.32. The van der Waals surface area contributed by atoms with Gasteiger partial charge in [0.1, 0.15) is 5.75 Å². The molecule has 0 amide bonds. The second kappa shape index (κ2) is 4.06. The summed E-state index contributed by atoms with van der Waals surface area (Å²) in [6.45, 7) is -0.760. The monoisotopic (exact) mass is 231 g/mol. The zero-order valence-electron chi connectivity index (χ0n) is 7.64. The lowest BCUT2D eigenvalue weighted by Gasteiger charge is -2.22. The predicted octanol–water partition coefficient (Wildman–Crippen LogP) is 0.277. The minimum absolute atomic E-state index is 0.0166. The Balaban J connectivity index is 3.25. The Labute approximate surface area is 90.7 Å². The van der Waals surface area contributed by atoms with Crippen molar-refractivity contribution in [2.75, 3.05) is 6.61 Å². The van der Waals surface area contributed by atoms with Gasteiger partial charge in [-0.3, -0.25) is 0 Å². The highest BCUT2D eigenvalue weighted by Gasteiger charge is 2.35. The normalized spacial score (nSPS) is 14.6. The number of benzene rings is 1. The van der Waals surface area contributed by atoms with E-state index in [9.17, 15) is 4.79 Å². The Kier molecular flexibility index (Phi) is 3.18. The minimum atomic E-state index is -1.91. The van der Waals surface area contributed by atoms with E-state index in [4.69, 9.17) is 32.7 Å². The number of hydrogen-bond acceptors (Lipinski definition) is 4. The Hall–Kier alpha value is -1.30. The van der Waals surface area contributed by atoms with Gasteiger partial charge in [0, 0.05) is 0 Å². The van der Waals surface area contributed by atoms with Crippen LogP contribution in [0.2, 0.25) is 5.02 Å². The van der Waals surface area contributed by atoms with Crippen molar-refractivity contribution in [3.63, 3.8) is 0 Å². The van der Waals surface area contributed by atoms with Gasteiger partial charge in [0.2, 0.25) is 0 Å². The van der Waals surface area contributed by atoms with Crippen LogP contribution in [0, 0.1) is 0 Å². The Morgan fingerprint density at radius 1 is 1.53 bits per heavy atom. The summed E-state index contributed by atoms with van der Waals surface area (Å²) in [5.74, 6) is -1.54. The molecule has 0 aromatic heterocycles. The molecule has 0 aliphatic heterocycles. The fraction of sp³-hybridized carbons (Fsp3) is 0.222. The number of aliphatic carboxylic acids is 1. The molecule has 0 spiro atoms. The number of carboxylic acids is 1. The van der Waals surface area contributed by atoms with E-state index in [1.807, 2.05) is 0 Å². The van der Waals surface area contributed by atoms with Gasteiger partial charge in [-0.05, 0) is 17.7 Å². The Morgan fingerprint density at radius 2 is 2.13 bits per heavy atom. The van der Waals surface area contributed by atoms with Crippen LogP contribution in [-0.4, -0.2) is 27.9 Å². The third-order valence-electron chi connectivity index (χ3n) is 2.09. The van der Waals surface area contributed by atoms with Crippen molar-refractivity contribution in [3.05, 3.63) is 28.8 Å². The molecule has 1 unspecified atom stereocenters. The molecule has 0 heterocycles. The number of aliphatic hydroxyl groups is 1. The van der Waals surface area contributed by atoms with Crippen LogP contribution in [-0.2, 0) is 10.3 Å². The first kappa shape index (κ1) is 11.8. The van der Waals surface area contributed by atoms with Gasteiger partial charge in [0.15, 0.2) is 5.54 Å². The lowest BCUT2D eigenvalue weighted by Crippen LogP contribution is -2.48. The molecule has 0 aliphatic carbocycles. The van der Waals surface area contributed by atoms with Gasteiger partial charge in [-0.1, -0.05) is 17.7 Å². The topological polar surface area (TPSA) is 104 Å². The van der Waals surface area contributed by atoms with Gasteiger partial charge in [-0.2, -0.15) is 0 Å². The zero-order valence-corrected chi connectivity index (χ0v) is 8.40. The molecule has 0 radical (unpaired) electrons. The summed E-state index contributed by atoms with van der Waals surface area (Å²) >= 11 is 5.60. The molecule has 15 heavy (non-hydrogen) atoms. The molecule has 1 rings (SSSR count). The summed E-state index contributed by atoms with van der Waals surface area (Å²) in [6, 6.07) is 3.73. The molecular weight excluding hydrogens is 222 g/mol. The lowest BCUT2D eigenvalue weighted by atomic mass is 9.92. The highest BCUT2D eigenvalue weighted by atomic mass is 35.5. The molecule has 5 nitrogen and oxygen atoms in total. The van der Waals surface area contributed by atoms with Crippen molar-refractivity contribution in [2.45, 2.75) is 5.54 Å². The molecule has 1 aromatic carbocycles. The van der Waals surface area contributed by atoms with Gasteiger partial charge in [-0.15, -0.1) is 0 Å². The molecule has 5 N–H and O–H groups in total. The van der Waals surface area contributed by atoms with Gasteiger partial charge >= 0.3 is 5.97 Å². The molecule has 82 valence electrons. The SMILES string of the molecule is NC(CO)(C(=O)O)c1ccc(O)c(Cl)c1. The number of halogens is 1. The van der Waals surface area contributed by atoms with E-state index in [0.717, 1.165) is 0 Å². The van der Waals surface area contributed by atoms with E-state index in [1.165, 1.54) is 18.2 Å². The summed E-state index contributed by atoms with van der Waals surface area (Å²) in [7, 11) is 0. The standard InChI is InChI=1S/C9H10ClNO4/c10-6-3-5(1-2-7(6)13)9(11,4-12)8(14)15/h1-3,12-13H,4,11H2,(H,14,15). The van der Waals surface area contributed by atoms with Gasteiger partial charge in [0.05, 0.1) is 11.6 Å². The molecule has 0 saturated carbocycles. The number of carbonyl (C=O) groups is 1. The fourth-order valence-corrected chi connectivity index (χ4v) is 1.25. The van der Waals surface area contributed by atoms with Crippen LogP contribution < -0.4 is 5.73 Å². The van der Waals surface area contributed by atoms with Crippen molar-refractivity contribution >= 4 is 17.6 Å². The molecule has 1 atom stereocenters. The second-order valence-corrected chi connectivity index (χ2v) is 3.51. The van der Waals surface area contributed by atoms with Crippen LogP contribution in [0.15, 0.2) is 18.2 Å². The molecule has 0 fully saturated rings. The van der Waals surface area contributed by atoms with E-state index < -0.39 is 18.1 Å². The second-order valence-electron chi connectivity index (χ2n) is 3.10. The van der Waals surface area contributed by atoms with Gasteiger partial charge in [-0.25, -0.2) is 4.79 Å². The first-order valence-corrected chi connectivity index (χ1v) is 4.41. The van der Waals surface area contributed by atoms with Crippen LogP contribution >= 0.6 is 11.6 Å². The first-order valence-electron chi connectivity index (χ1n) is 4.04. The van der Waals surface area contributed by atoms with E-state index in [-0.39, 0.29) is 16.3 Å². The molecule has 1 aromatic rings. The molecule has 0 saturated heterocycles. The number of carboxylic acid groups (broad SMARTS) is 1. The number of nitrogens with two attached hydrogens (primary N) is 1. The number of aromatic hydroxyl groups is 1. The smallest absolute Gasteiger partial charge is 0.330 e. The van der Waals surface area contributed by atoms with Crippen molar-refractivity contribution in [3.8, 4) is 5.75 Å². The third kappa shape index (κ3) is 2.04. The molecular formula is C9H10ClNO4. The number of phenols is 1. The summed E-state index contributed by atoms with van der Waals surface area (Å²) in [5.41, 5.74) is 3.71. The van der Waals surface area contributed by atoms with E-state index >= 15 is 0 Å². The maximum Gasteiger partial charge on any atom is 0.330 e. The van der Waals surface area contributed by atoms with Gasteiger partial charge in [0.25, 0.3) is 0 Å². The van der Waals surface area contributed by atoms with E-state index in [2.05, 4.69) is 0 Å². The van der Waals surface area contributed by atoms with Crippen molar-refractivity contribution < 1.29 is 20.1 Å². The summed E-state index contributed by atoms with van der Waals surface area (Å²) in [6.07, 6.45) is 0. The summed E-state index contributed by atoms with van der Waals surface area (Å²) < 4.78 is 0. The fourth-order valence-electron chi connectivity index (χ4n) is 1.07. The van der Waals surface area contributed by atoms with Crippen LogP contribution in [0.3, 0.4) is 0 Å². The van der Waals surface area contributed by atoms with Crippen molar-refractivity contribution in [1.29, 1.82) is 0 Å². The predicted molar refractivity (Wildman–Crippen MR) is 53.7 cm³/mol. The first-order chi connectivity index (χ1) is 6.91. The third-order valence-corrected chi connectivity index (χ3v) is 2.40. The highest BCUT2D eigenvalue weighted by Crippen LogP contribution is 2.28. The average molecular weight is 232 g/mol. The Bertz CT molecular complexity index is 396. The Morgan fingerprint density at radius 3 is 2.53 bits per heavy atom. The number of rotatable bonds is 3. The van der Waals surface area contributed by atoms with Crippen LogP contribution in [0.25, 0.3) is 0 Å². The van der Waals surface area contributed by atoms with Crippen LogP contribution in [0.1, 0.15) is 5.56 Å². The summed E-state index contributed by atoms with van der Waals surface area (Å²) in [4.78, 5) is 10.9. The average Bonchev–Trinajstić information content (AvgIpc) is 2.20.